The highest BCUT2D eigenvalue weighted by molar-refractivity contribution is 5.94. The fourth-order valence-corrected chi connectivity index (χ4v) is 2.45. The summed E-state index contributed by atoms with van der Waals surface area (Å²) in [6.45, 7) is 0.850. The number of nitrogens with one attached hydrogen (secondary N) is 2. The monoisotopic (exact) mass is 335 g/mol. The molecule has 1 aromatic carbocycles. The number of pyridine rings is 1. The molecule has 0 aliphatic carbocycles. The summed E-state index contributed by atoms with van der Waals surface area (Å²) in [6, 6.07) is 14.6. The number of anilines is 1. The van der Waals surface area contributed by atoms with E-state index < -0.39 is 0 Å². The smallest absolute Gasteiger partial charge is 0.251 e. The SMILES string of the molecule is COc1cccc(C(=O)NCCNc2nc3ccccn3c2C#N)c1. The predicted molar refractivity (Wildman–Crippen MR) is 93.7 cm³/mol. The lowest BCUT2D eigenvalue weighted by Crippen LogP contribution is -2.28. The van der Waals surface area contributed by atoms with Gasteiger partial charge in [-0.25, -0.2) is 4.98 Å². The van der Waals surface area contributed by atoms with Crippen molar-refractivity contribution in [3.63, 3.8) is 0 Å². The summed E-state index contributed by atoms with van der Waals surface area (Å²) in [7, 11) is 1.56. The molecule has 2 heterocycles. The Morgan fingerprint density at radius 2 is 2.16 bits per heavy atom. The molecule has 2 aromatic heterocycles. The summed E-state index contributed by atoms with van der Waals surface area (Å²) < 4.78 is 6.83. The van der Waals surface area contributed by atoms with Gasteiger partial charge in [0.1, 0.15) is 17.5 Å². The number of imidazole rings is 1. The Morgan fingerprint density at radius 3 is 2.96 bits per heavy atom. The van der Waals surface area contributed by atoms with Gasteiger partial charge in [0.15, 0.2) is 11.5 Å². The summed E-state index contributed by atoms with van der Waals surface area (Å²) in [5, 5.41) is 15.2. The van der Waals surface area contributed by atoms with Gasteiger partial charge in [-0.05, 0) is 30.3 Å². The largest absolute Gasteiger partial charge is 0.497 e. The number of carbonyl (C=O) groups excluding carboxylic acids is 1. The van der Waals surface area contributed by atoms with Crippen LogP contribution in [0.2, 0.25) is 0 Å². The average Bonchev–Trinajstić information content (AvgIpc) is 3.02. The van der Waals surface area contributed by atoms with Gasteiger partial charge in [-0.3, -0.25) is 9.20 Å². The lowest BCUT2D eigenvalue weighted by atomic mass is 10.2. The van der Waals surface area contributed by atoms with Gasteiger partial charge in [-0.15, -0.1) is 0 Å². The molecule has 3 rings (SSSR count). The number of nitriles is 1. The number of fused-ring (bicyclic) bond motifs is 1. The molecule has 0 fully saturated rings. The Labute approximate surface area is 144 Å². The van der Waals surface area contributed by atoms with Crippen molar-refractivity contribution in [2.45, 2.75) is 0 Å². The highest BCUT2D eigenvalue weighted by Gasteiger charge is 2.11. The second-order valence-corrected chi connectivity index (χ2v) is 5.26. The van der Waals surface area contributed by atoms with Crippen molar-refractivity contribution in [1.82, 2.24) is 14.7 Å². The standard InChI is InChI=1S/C18H17N5O2/c1-25-14-6-4-5-13(11-14)18(24)21-9-8-20-17-15(12-19)23-10-3-2-7-16(23)22-17/h2-7,10-11,20H,8-9H2,1H3,(H,21,24). The average molecular weight is 335 g/mol. The summed E-state index contributed by atoms with van der Waals surface area (Å²) in [6.07, 6.45) is 1.79. The lowest BCUT2D eigenvalue weighted by Gasteiger charge is -2.07. The summed E-state index contributed by atoms with van der Waals surface area (Å²) in [5.41, 5.74) is 1.67. The third kappa shape index (κ3) is 3.53. The number of hydrogen-bond acceptors (Lipinski definition) is 5. The fourth-order valence-electron chi connectivity index (χ4n) is 2.45. The zero-order chi connectivity index (χ0) is 17.6. The maximum Gasteiger partial charge on any atom is 0.251 e. The maximum absolute atomic E-state index is 12.1. The molecule has 0 radical (unpaired) electrons. The number of carbonyl (C=O) groups is 1. The Hall–Kier alpha value is -3.53. The number of aromatic nitrogens is 2. The molecule has 3 aromatic rings. The molecule has 0 aliphatic rings. The van der Waals surface area contributed by atoms with Crippen LogP contribution in [0.15, 0.2) is 48.7 Å². The minimum atomic E-state index is -0.184. The summed E-state index contributed by atoms with van der Waals surface area (Å²) in [5.74, 6) is 0.953. The minimum Gasteiger partial charge on any atom is -0.497 e. The number of amides is 1. The number of benzene rings is 1. The van der Waals surface area contributed by atoms with Gasteiger partial charge in [0.2, 0.25) is 0 Å². The van der Waals surface area contributed by atoms with Crippen molar-refractivity contribution >= 4 is 17.4 Å². The molecule has 7 nitrogen and oxygen atoms in total. The molecular weight excluding hydrogens is 318 g/mol. The molecule has 25 heavy (non-hydrogen) atoms. The number of methoxy groups -OCH3 is 1. The first-order chi connectivity index (χ1) is 12.2. The molecule has 1 amide bonds. The second kappa shape index (κ2) is 7.36. The molecular formula is C18H17N5O2. The van der Waals surface area contributed by atoms with E-state index in [4.69, 9.17) is 4.74 Å². The number of hydrogen-bond donors (Lipinski definition) is 2. The van der Waals surface area contributed by atoms with Gasteiger partial charge < -0.3 is 15.4 Å². The molecule has 0 bridgehead atoms. The first-order valence-corrected chi connectivity index (χ1v) is 7.76. The fraction of sp³-hybridized carbons (Fsp3) is 0.167. The summed E-state index contributed by atoms with van der Waals surface area (Å²) >= 11 is 0. The maximum atomic E-state index is 12.1. The summed E-state index contributed by atoms with van der Waals surface area (Å²) in [4.78, 5) is 16.5. The third-order valence-electron chi connectivity index (χ3n) is 3.67. The lowest BCUT2D eigenvalue weighted by molar-refractivity contribution is 0.0955. The normalized spacial score (nSPS) is 10.2. The van der Waals surface area contributed by atoms with Crippen LogP contribution < -0.4 is 15.4 Å². The van der Waals surface area contributed by atoms with E-state index in [1.165, 1.54) is 0 Å². The zero-order valence-corrected chi connectivity index (χ0v) is 13.7. The van der Waals surface area contributed by atoms with E-state index in [1.807, 2.05) is 18.2 Å². The van der Waals surface area contributed by atoms with E-state index in [1.54, 1.807) is 42.0 Å². The number of rotatable bonds is 6. The predicted octanol–water partition coefficient (Wildman–Crippen LogP) is 2.06. The molecule has 0 spiro atoms. The van der Waals surface area contributed by atoms with E-state index >= 15 is 0 Å². The Balaban J connectivity index is 1.58. The third-order valence-corrected chi connectivity index (χ3v) is 3.67. The Kier molecular flexibility index (Phi) is 4.81. The van der Waals surface area contributed by atoms with Crippen molar-refractivity contribution in [3.8, 4) is 11.8 Å². The van der Waals surface area contributed by atoms with E-state index in [-0.39, 0.29) is 5.91 Å². The van der Waals surface area contributed by atoms with Crippen LogP contribution in [-0.4, -0.2) is 35.5 Å². The van der Waals surface area contributed by atoms with Crippen molar-refractivity contribution in [2.24, 2.45) is 0 Å². The van der Waals surface area contributed by atoms with Crippen LogP contribution in [0.3, 0.4) is 0 Å². The van der Waals surface area contributed by atoms with Gasteiger partial charge in [0, 0.05) is 24.8 Å². The van der Waals surface area contributed by atoms with Crippen LogP contribution in [-0.2, 0) is 0 Å². The Morgan fingerprint density at radius 1 is 1.28 bits per heavy atom. The first kappa shape index (κ1) is 16.3. The second-order valence-electron chi connectivity index (χ2n) is 5.26. The van der Waals surface area contributed by atoms with Crippen LogP contribution in [0.5, 0.6) is 5.75 Å². The van der Waals surface area contributed by atoms with E-state index in [0.29, 0.717) is 41.6 Å². The van der Waals surface area contributed by atoms with E-state index in [2.05, 4.69) is 21.7 Å². The van der Waals surface area contributed by atoms with Gasteiger partial charge in [0.25, 0.3) is 5.91 Å². The number of nitrogens with zero attached hydrogens (tertiary/aromatic N) is 3. The van der Waals surface area contributed by atoms with Crippen molar-refractivity contribution in [3.05, 3.63) is 59.9 Å². The van der Waals surface area contributed by atoms with Gasteiger partial charge in [0.05, 0.1) is 7.11 Å². The molecule has 0 unspecified atom stereocenters. The Bertz CT molecular complexity index is 942. The zero-order valence-electron chi connectivity index (χ0n) is 13.7. The molecule has 126 valence electrons. The molecule has 0 saturated carbocycles. The van der Waals surface area contributed by atoms with E-state index in [9.17, 15) is 10.1 Å². The van der Waals surface area contributed by atoms with Crippen LogP contribution in [0, 0.1) is 11.3 Å². The topological polar surface area (TPSA) is 91.4 Å². The van der Waals surface area contributed by atoms with Gasteiger partial charge >= 0.3 is 0 Å². The minimum absolute atomic E-state index is 0.184. The van der Waals surface area contributed by atoms with Crippen LogP contribution >= 0.6 is 0 Å². The molecule has 0 atom stereocenters. The van der Waals surface area contributed by atoms with Crippen LogP contribution in [0.4, 0.5) is 5.82 Å². The number of ether oxygens (including phenoxy) is 1. The van der Waals surface area contributed by atoms with Crippen LogP contribution in [0.25, 0.3) is 5.65 Å². The molecule has 0 saturated heterocycles. The highest BCUT2D eigenvalue weighted by atomic mass is 16.5. The van der Waals surface area contributed by atoms with Crippen molar-refractivity contribution < 1.29 is 9.53 Å². The first-order valence-electron chi connectivity index (χ1n) is 7.76. The van der Waals surface area contributed by atoms with Crippen molar-refractivity contribution in [2.75, 3.05) is 25.5 Å². The molecule has 7 heteroatoms. The molecule has 2 N–H and O–H groups in total. The highest BCUT2D eigenvalue weighted by Crippen LogP contribution is 2.16. The van der Waals surface area contributed by atoms with E-state index in [0.717, 1.165) is 0 Å². The van der Waals surface area contributed by atoms with Gasteiger partial charge in [-0.1, -0.05) is 12.1 Å². The molecule has 0 aliphatic heterocycles. The van der Waals surface area contributed by atoms with Crippen molar-refractivity contribution in [1.29, 1.82) is 5.26 Å². The quantitative estimate of drug-likeness (QED) is 0.673. The van der Waals surface area contributed by atoms with Gasteiger partial charge in [-0.2, -0.15) is 5.26 Å². The van der Waals surface area contributed by atoms with Crippen LogP contribution in [0.1, 0.15) is 16.1 Å².